The van der Waals surface area contributed by atoms with Gasteiger partial charge in [-0.25, -0.2) is 9.37 Å². The summed E-state index contributed by atoms with van der Waals surface area (Å²) in [5.41, 5.74) is 1.05. The number of pyridine rings is 1. The third-order valence-corrected chi connectivity index (χ3v) is 2.06. The number of rotatable bonds is 1. The Labute approximate surface area is 84.4 Å². The first-order chi connectivity index (χ1) is 6.70. The van der Waals surface area contributed by atoms with Gasteiger partial charge in [0.05, 0.1) is 23.2 Å². The molecule has 0 bridgehead atoms. The van der Waals surface area contributed by atoms with Crippen LogP contribution in [0.3, 0.4) is 0 Å². The van der Waals surface area contributed by atoms with Crippen LogP contribution in [0.5, 0.6) is 0 Å². The van der Waals surface area contributed by atoms with E-state index in [1.807, 2.05) is 6.07 Å². The molecule has 2 aromatic heterocycles. The van der Waals surface area contributed by atoms with E-state index < -0.39 is 5.82 Å². The second kappa shape index (κ2) is 3.28. The van der Waals surface area contributed by atoms with Gasteiger partial charge >= 0.3 is 0 Å². The normalized spacial score (nSPS) is 10.4. The topological polar surface area (TPSA) is 41.1 Å². The predicted molar refractivity (Wildman–Crippen MR) is 49.5 cm³/mol. The van der Waals surface area contributed by atoms with Crippen LogP contribution in [0.2, 0.25) is 5.02 Å². The SMILES string of the molecule is N#CCc1cn2cc(F)cc(Cl)c2n1. The molecule has 0 saturated heterocycles. The minimum absolute atomic E-state index is 0.194. The van der Waals surface area contributed by atoms with Crippen molar-refractivity contribution in [3.8, 4) is 6.07 Å². The summed E-state index contributed by atoms with van der Waals surface area (Å²) in [4.78, 5) is 4.08. The zero-order chi connectivity index (χ0) is 10.1. The molecule has 2 rings (SSSR count). The Morgan fingerprint density at radius 1 is 1.57 bits per heavy atom. The van der Waals surface area contributed by atoms with Gasteiger partial charge in [0.1, 0.15) is 5.82 Å². The number of hydrogen-bond donors (Lipinski definition) is 0. The van der Waals surface area contributed by atoms with Crippen LogP contribution in [-0.2, 0) is 6.42 Å². The Hall–Kier alpha value is -1.60. The minimum atomic E-state index is -0.427. The summed E-state index contributed by atoms with van der Waals surface area (Å²) < 4.78 is 14.4. The molecule has 0 aliphatic heterocycles. The summed E-state index contributed by atoms with van der Waals surface area (Å²) in [5, 5.41) is 8.71. The monoisotopic (exact) mass is 209 g/mol. The van der Waals surface area contributed by atoms with E-state index >= 15 is 0 Å². The molecule has 0 amide bonds. The minimum Gasteiger partial charge on any atom is -0.303 e. The molecule has 0 fully saturated rings. The fourth-order valence-corrected chi connectivity index (χ4v) is 1.49. The fraction of sp³-hybridized carbons (Fsp3) is 0.111. The van der Waals surface area contributed by atoms with Gasteiger partial charge in [-0.2, -0.15) is 5.26 Å². The molecule has 0 aliphatic rings. The van der Waals surface area contributed by atoms with Crippen molar-refractivity contribution in [3.05, 3.63) is 35.0 Å². The Morgan fingerprint density at radius 2 is 2.36 bits per heavy atom. The predicted octanol–water partition coefficient (Wildman–Crippen LogP) is 2.19. The molecule has 14 heavy (non-hydrogen) atoms. The van der Waals surface area contributed by atoms with Crippen LogP contribution in [0.4, 0.5) is 4.39 Å². The highest BCUT2D eigenvalue weighted by Gasteiger charge is 2.06. The maximum Gasteiger partial charge on any atom is 0.156 e. The summed E-state index contributed by atoms with van der Waals surface area (Å²) in [7, 11) is 0. The third-order valence-electron chi connectivity index (χ3n) is 1.78. The molecule has 0 radical (unpaired) electrons. The maximum atomic E-state index is 12.9. The third kappa shape index (κ3) is 1.42. The molecule has 70 valence electrons. The van der Waals surface area contributed by atoms with E-state index in [9.17, 15) is 4.39 Å². The van der Waals surface area contributed by atoms with E-state index in [1.54, 1.807) is 6.20 Å². The fourth-order valence-electron chi connectivity index (χ4n) is 1.24. The van der Waals surface area contributed by atoms with E-state index in [2.05, 4.69) is 4.98 Å². The number of fused-ring (bicyclic) bond motifs is 1. The second-order valence-electron chi connectivity index (χ2n) is 2.80. The lowest BCUT2D eigenvalue weighted by atomic mass is 10.4. The molecular formula is C9H5ClFN3. The largest absolute Gasteiger partial charge is 0.303 e. The van der Waals surface area contributed by atoms with Gasteiger partial charge < -0.3 is 4.40 Å². The zero-order valence-corrected chi connectivity index (χ0v) is 7.79. The van der Waals surface area contributed by atoms with Crippen molar-refractivity contribution in [2.75, 3.05) is 0 Å². The summed E-state index contributed by atoms with van der Waals surface area (Å²) >= 11 is 5.77. The van der Waals surface area contributed by atoms with Crippen molar-refractivity contribution in [3.63, 3.8) is 0 Å². The van der Waals surface area contributed by atoms with Crippen LogP contribution in [0, 0.1) is 17.1 Å². The van der Waals surface area contributed by atoms with Gasteiger partial charge in [0.15, 0.2) is 5.65 Å². The highest BCUT2D eigenvalue weighted by Crippen LogP contribution is 2.18. The van der Waals surface area contributed by atoms with Gasteiger partial charge in [-0.15, -0.1) is 0 Å². The molecule has 3 nitrogen and oxygen atoms in total. The standard InChI is InChI=1S/C9H5ClFN3/c10-8-3-6(11)4-14-5-7(1-2-12)13-9(8)14/h3-5H,1H2. The maximum absolute atomic E-state index is 12.9. The van der Waals surface area contributed by atoms with Crippen molar-refractivity contribution in [1.82, 2.24) is 9.38 Å². The van der Waals surface area contributed by atoms with Crippen LogP contribution in [0.25, 0.3) is 5.65 Å². The van der Waals surface area contributed by atoms with Gasteiger partial charge in [-0.05, 0) is 6.07 Å². The number of halogens is 2. The highest BCUT2D eigenvalue weighted by atomic mass is 35.5. The molecule has 5 heteroatoms. The number of imidazole rings is 1. The number of aromatic nitrogens is 2. The first-order valence-electron chi connectivity index (χ1n) is 3.90. The summed E-state index contributed by atoms with van der Waals surface area (Å²) in [6.45, 7) is 0. The summed E-state index contributed by atoms with van der Waals surface area (Å²) in [6, 6.07) is 3.16. The van der Waals surface area contributed by atoms with E-state index in [0.717, 1.165) is 0 Å². The quantitative estimate of drug-likeness (QED) is 0.723. The van der Waals surface area contributed by atoms with E-state index in [1.165, 1.54) is 16.7 Å². The first kappa shape index (κ1) is 8.97. The Balaban J connectivity index is 2.66. The Morgan fingerprint density at radius 3 is 3.07 bits per heavy atom. The molecule has 0 unspecified atom stereocenters. The Bertz CT molecular complexity index is 527. The van der Waals surface area contributed by atoms with E-state index in [-0.39, 0.29) is 11.4 Å². The molecule has 0 spiro atoms. The van der Waals surface area contributed by atoms with Crippen LogP contribution in [-0.4, -0.2) is 9.38 Å². The first-order valence-corrected chi connectivity index (χ1v) is 4.28. The van der Waals surface area contributed by atoms with Crippen molar-refractivity contribution in [2.24, 2.45) is 0 Å². The molecule has 2 heterocycles. The van der Waals surface area contributed by atoms with Crippen molar-refractivity contribution in [2.45, 2.75) is 6.42 Å². The average molecular weight is 210 g/mol. The molecule has 0 aliphatic carbocycles. The lowest BCUT2D eigenvalue weighted by molar-refractivity contribution is 0.619. The van der Waals surface area contributed by atoms with Gasteiger partial charge in [-0.1, -0.05) is 11.6 Å². The highest BCUT2D eigenvalue weighted by molar-refractivity contribution is 6.33. The van der Waals surface area contributed by atoms with Gasteiger partial charge in [0.2, 0.25) is 0 Å². The van der Waals surface area contributed by atoms with E-state index in [0.29, 0.717) is 11.3 Å². The molecular weight excluding hydrogens is 205 g/mol. The van der Waals surface area contributed by atoms with Gasteiger partial charge in [-0.3, -0.25) is 0 Å². The Kier molecular flexibility index (Phi) is 2.10. The smallest absolute Gasteiger partial charge is 0.156 e. The lowest BCUT2D eigenvalue weighted by Gasteiger charge is -1.94. The van der Waals surface area contributed by atoms with Gasteiger partial charge in [0.25, 0.3) is 0 Å². The van der Waals surface area contributed by atoms with Crippen LogP contribution in [0.15, 0.2) is 18.5 Å². The second-order valence-corrected chi connectivity index (χ2v) is 3.21. The number of hydrogen-bond acceptors (Lipinski definition) is 2. The summed E-state index contributed by atoms with van der Waals surface area (Å²) in [6.07, 6.45) is 3.06. The lowest BCUT2D eigenvalue weighted by Crippen LogP contribution is -1.86. The van der Waals surface area contributed by atoms with Crippen LogP contribution >= 0.6 is 11.6 Å². The molecule has 2 aromatic rings. The van der Waals surface area contributed by atoms with Crippen molar-refractivity contribution in [1.29, 1.82) is 5.26 Å². The number of nitrogens with zero attached hydrogens (tertiary/aromatic N) is 3. The average Bonchev–Trinajstić information content (AvgIpc) is 2.48. The zero-order valence-electron chi connectivity index (χ0n) is 7.04. The van der Waals surface area contributed by atoms with Crippen LogP contribution < -0.4 is 0 Å². The number of nitriles is 1. The van der Waals surface area contributed by atoms with Gasteiger partial charge in [0, 0.05) is 12.4 Å². The van der Waals surface area contributed by atoms with Crippen LogP contribution in [0.1, 0.15) is 5.69 Å². The molecule has 0 aromatic carbocycles. The van der Waals surface area contributed by atoms with Crippen molar-refractivity contribution < 1.29 is 4.39 Å². The van der Waals surface area contributed by atoms with E-state index in [4.69, 9.17) is 16.9 Å². The van der Waals surface area contributed by atoms with Crippen molar-refractivity contribution >= 4 is 17.2 Å². The molecule has 0 atom stereocenters. The molecule has 0 saturated carbocycles. The molecule has 0 N–H and O–H groups in total. The summed E-state index contributed by atoms with van der Waals surface area (Å²) in [5.74, 6) is -0.427.